The lowest BCUT2D eigenvalue weighted by molar-refractivity contribution is -0.137. The Morgan fingerprint density at radius 2 is 2.00 bits per heavy atom. The van der Waals surface area contributed by atoms with E-state index in [1.807, 2.05) is 13.0 Å². The normalized spacial score (nSPS) is 10.3. The predicted octanol–water partition coefficient (Wildman–Crippen LogP) is 4.04. The molecule has 0 unspecified atom stereocenters. The Kier molecular flexibility index (Phi) is 7.47. The number of hydrogen-bond acceptors (Lipinski definition) is 3. The molecule has 0 aliphatic heterocycles. The highest BCUT2D eigenvalue weighted by atomic mass is 35.5. The van der Waals surface area contributed by atoms with Gasteiger partial charge >= 0.3 is 5.97 Å². The number of aliphatic carboxylic acids is 1. The van der Waals surface area contributed by atoms with Crippen LogP contribution in [0.25, 0.3) is 0 Å². The number of benzene rings is 1. The van der Waals surface area contributed by atoms with Crippen LogP contribution >= 0.6 is 23.4 Å². The summed E-state index contributed by atoms with van der Waals surface area (Å²) in [5.41, 5.74) is 0.715. The number of carboxylic acid groups (broad SMARTS) is 1. The molecule has 1 aromatic rings. The summed E-state index contributed by atoms with van der Waals surface area (Å²) in [5.74, 6) is -0.0409. The molecule has 0 radical (unpaired) electrons. The van der Waals surface area contributed by atoms with E-state index in [0.29, 0.717) is 30.0 Å². The van der Waals surface area contributed by atoms with Gasteiger partial charge in [-0.05, 0) is 36.8 Å². The van der Waals surface area contributed by atoms with E-state index in [4.69, 9.17) is 16.7 Å². The molecule has 1 rings (SSSR count). The first-order valence-corrected chi connectivity index (χ1v) is 7.83. The largest absolute Gasteiger partial charge is 0.481 e. The van der Waals surface area contributed by atoms with Crippen LogP contribution in [-0.4, -0.2) is 22.7 Å². The number of carbonyl (C=O) groups excluding carboxylic acids is 1. The van der Waals surface area contributed by atoms with Crippen LogP contribution < -0.4 is 5.32 Å². The molecule has 0 heterocycles. The van der Waals surface area contributed by atoms with Crippen molar-refractivity contribution >= 4 is 40.9 Å². The smallest absolute Gasteiger partial charge is 0.303 e. The molecular formula is C14H18ClNO3S. The molecule has 1 amide bonds. The predicted molar refractivity (Wildman–Crippen MR) is 82.6 cm³/mol. The maximum absolute atomic E-state index is 11.8. The monoisotopic (exact) mass is 315 g/mol. The van der Waals surface area contributed by atoms with Crippen LogP contribution in [0.4, 0.5) is 5.69 Å². The Hall–Kier alpha value is -1.20. The minimum atomic E-state index is -0.832. The average molecular weight is 316 g/mol. The fraction of sp³-hybridized carbons (Fsp3) is 0.429. The number of hydrogen-bond donors (Lipinski definition) is 2. The Balaban J connectivity index is 2.52. The molecule has 0 saturated heterocycles. The molecule has 0 spiro atoms. The van der Waals surface area contributed by atoms with E-state index >= 15 is 0 Å². The number of anilines is 1. The lowest BCUT2D eigenvalue weighted by Gasteiger charge is -2.10. The van der Waals surface area contributed by atoms with Gasteiger partial charge in [0.2, 0.25) is 5.91 Å². The maximum Gasteiger partial charge on any atom is 0.303 e. The fourth-order valence-corrected chi connectivity index (χ4v) is 2.57. The van der Waals surface area contributed by atoms with Gasteiger partial charge in [0.25, 0.3) is 0 Å². The molecule has 0 bridgehead atoms. The zero-order valence-corrected chi connectivity index (χ0v) is 12.9. The molecule has 0 aliphatic carbocycles. The Labute approximate surface area is 127 Å². The molecule has 0 aromatic heterocycles. The standard InChI is InChI=1S/C14H18ClNO3S/c1-2-20-12-8-7-10(15)9-11(12)16-13(17)5-3-4-6-14(18)19/h7-9H,2-6H2,1H3,(H,16,17)(H,18,19). The van der Waals surface area contributed by atoms with Crippen molar-refractivity contribution in [3.63, 3.8) is 0 Å². The maximum atomic E-state index is 11.8. The van der Waals surface area contributed by atoms with Crippen LogP contribution in [0.15, 0.2) is 23.1 Å². The lowest BCUT2D eigenvalue weighted by atomic mass is 10.2. The summed E-state index contributed by atoms with van der Waals surface area (Å²) in [6.07, 6.45) is 1.49. The average Bonchev–Trinajstić information content (AvgIpc) is 2.38. The molecule has 1 aromatic carbocycles. The van der Waals surface area contributed by atoms with Gasteiger partial charge in [-0.15, -0.1) is 11.8 Å². The van der Waals surface area contributed by atoms with Crippen LogP contribution in [0.2, 0.25) is 5.02 Å². The van der Waals surface area contributed by atoms with Gasteiger partial charge in [0.05, 0.1) is 5.69 Å². The van der Waals surface area contributed by atoms with Crippen molar-refractivity contribution in [2.45, 2.75) is 37.5 Å². The van der Waals surface area contributed by atoms with E-state index in [9.17, 15) is 9.59 Å². The van der Waals surface area contributed by atoms with Gasteiger partial charge in [-0.25, -0.2) is 0 Å². The molecule has 0 atom stereocenters. The zero-order valence-electron chi connectivity index (χ0n) is 11.3. The van der Waals surface area contributed by atoms with Crippen LogP contribution in [0.1, 0.15) is 32.6 Å². The van der Waals surface area contributed by atoms with Gasteiger partial charge in [0, 0.05) is 22.8 Å². The first-order chi connectivity index (χ1) is 9.52. The van der Waals surface area contributed by atoms with Crippen molar-refractivity contribution in [2.75, 3.05) is 11.1 Å². The summed E-state index contributed by atoms with van der Waals surface area (Å²) in [4.78, 5) is 23.2. The van der Waals surface area contributed by atoms with E-state index in [-0.39, 0.29) is 12.3 Å². The third-order valence-electron chi connectivity index (χ3n) is 2.56. The van der Waals surface area contributed by atoms with E-state index in [2.05, 4.69) is 5.32 Å². The van der Waals surface area contributed by atoms with Crippen molar-refractivity contribution in [1.29, 1.82) is 0 Å². The van der Waals surface area contributed by atoms with Crippen molar-refractivity contribution in [3.8, 4) is 0 Å². The van der Waals surface area contributed by atoms with Gasteiger partial charge in [0.15, 0.2) is 0 Å². The van der Waals surface area contributed by atoms with Crippen LogP contribution in [-0.2, 0) is 9.59 Å². The minimum Gasteiger partial charge on any atom is -0.481 e. The molecule has 0 aliphatic rings. The van der Waals surface area contributed by atoms with Crippen molar-refractivity contribution < 1.29 is 14.7 Å². The third kappa shape index (κ3) is 6.30. The molecule has 20 heavy (non-hydrogen) atoms. The number of rotatable bonds is 8. The zero-order chi connectivity index (χ0) is 15.0. The summed E-state index contributed by atoms with van der Waals surface area (Å²) < 4.78 is 0. The summed E-state index contributed by atoms with van der Waals surface area (Å²) in [6, 6.07) is 5.41. The van der Waals surface area contributed by atoms with Crippen LogP contribution in [0.5, 0.6) is 0 Å². The molecule has 6 heteroatoms. The summed E-state index contributed by atoms with van der Waals surface area (Å²) in [7, 11) is 0. The molecule has 2 N–H and O–H groups in total. The van der Waals surface area contributed by atoms with E-state index in [0.717, 1.165) is 10.6 Å². The van der Waals surface area contributed by atoms with E-state index in [1.165, 1.54) is 0 Å². The summed E-state index contributed by atoms with van der Waals surface area (Å²) in [6.45, 7) is 2.04. The minimum absolute atomic E-state index is 0.0986. The van der Waals surface area contributed by atoms with Crippen molar-refractivity contribution in [1.82, 2.24) is 0 Å². The molecule has 0 fully saturated rings. The number of thioether (sulfide) groups is 1. The topological polar surface area (TPSA) is 66.4 Å². The number of nitrogens with one attached hydrogen (secondary N) is 1. The van der Waals surface area contributed by atoms with Crippen molar-refractivity contribution in [3.05, 3.63) is 23.2 Å². The highest BCUT2D eigenvalue weighted by Gasteiger charge is 2.08. The lowest BCUT2D eigenvalue weighted by Crippen LogP contribution is -2.12. The summed E-state index contributed by atoms with van der Waals surface area (Å²) in [5, 5.41) is 11.9. The Morgan fingerprint density at radius 3 is 2.65 bits per heavy atom. The number of carbonyl (C=O) groups is 2. The quantitative estimate of drug-likeness (QED) is 0.561. The number of amides is 1. The van der Waals surface area contributed by atoms with Crippen molar-refractivity contribution in [2.24, 2.45) is 0 Å². The fourth-order valence-electron chi connectivity index (χ4n) is 1.66. The second-order valence-electron chi connectivity index (χ2n) is 4.22. The van der Waals surface area contributed by atoms with E-state index < -0.39 is 5.97 Å². The van der Waals surface area contributed by atoms with Gasteiger partial charge in [0.1, 0.15) is 0 Å². The van der Waals surface area contributed by atoms with E-state index in [1.54, 1.807) is 23.9 Å². The molecule has 0 saturated carbocycles. The first kappa shape index (κ1) is 16.9. The molecule has 4 nitrogen and oxygen atoms in total. The third-order valence-corrected chi connectivity index (χ3v) is 3.75. The van der Waals surface area contributed by atoms with Gasteiger partial charge in [-0.2, -0.15) is 0 Å². The second kappa shape index (κ2) is 8.87. The Bertz CT molecular complexity index is 479. The highest BCUT2D eigenvalue weighted by Crippen LogP contribution is 2.30. The number of unbranched alkanes of at least 4 members (excludes halogenated alkanes) is 1. The van der Waals surface area contributed by atoms with Crippen LogP contribution in [0.3, 0.4) is 0 Å². The number of halogens is 1. The number of carboxylic acids is 1. The Morgan fingerprint density at radius 1 is 1.30 bits per heavy atom. The second-order valence-corrected chi connectivity index (χ2v) is 5.96. The molecule has 110 valence electrons. The van der Waals surface area contributed by atoms with Gasteiger partial charge in [-0.3, -0.25) is 9.59 Å². The van der Waals surface area contributed by atoms with Crippen LogP contribution in [0, 0.1) is 0 Å². The molecular weight excluding hydrogens is 298 g/mol. The first-order valence-electron chi connectivity index (χ1n) is 6.47. The summed E-state index contributed by atoms with van der Waals surface area (Å²) >= 11 is 7.57. The SMILES string of the molecule is CCSc1ccc(Cl)cc1NC(=O)CCCCC(=O)O. The highest BCUT2D eigenvalue weighted by molar-refractivity contribution is 7.99. The van der Waals surface area contributed by atoms with Gasteiger partial charge in [-0.1, -0.05) is 18.5 Å². The van der Waals surface area contributed by atoms with Gasteiger partial charge < -0.3 is 10.4 Å².